The number of aromatic amines is 1. The minimum Gasteiger partial charge on any atom is -0.269 e. The molecule has 1 atom stereocenters. The number of nitrogens with one attached hydrogen (secondary N) is 1. The van der Waals surface area contributed by atoms with Crippen LogP contribution in [0.5, 0.6) is 0 Å². The van der Waals surface area contributed by atoms with Gasteiger partial charge in [-0.1, -0.05) is 30.0 Å². The minimum atomic E-state index is -0.733. The van der Waals surface area contributed by atoms with Crippen LogP contribution >= 0.6 is 11.8 Å². The van der Waals surface area contributed by atoms with Gasteiger partial charge in [-0.2, -0.15) is 20.2 Å². The Bertz CT molecular complexity index is 740. The Hall–Kier alpha value is -2.55. The summed E-state index contributed by atoms with van der Waals surface area (Å²) in [5, 5.41) is 20.7. The van der Waals surface area contributed by atoms with Crippen LogP contribution in [0.1, 0.15) is 6.92 Å². The maximum absolute atomic E-state index is 12.4. The number of hydrogen-bond acceptors (Lipinski definition) is 7. The van der Waals surface area contributed by atoms with E-state index in [1.807, 2.05) is 36.6 Å². The number of amides is 1. The number of carbonyl (C=O) groups excluding carboxylic acids is 1. The molecule has 0 saturated carbocycles. The SMILES string of the molecule is CSc1n[nH]c(N=NC2C(=O)N(c3ccccc3)N=C2C)n1. The summed E-state index contributed by atoms with van der Waals surface area (Å²) in [6, 6.07) is 8.47. The van der Waals surface area contributed by atoms with Gasteiger partial charge in [0.2, 0.25) is 5.16 Å². The highest BCUT2D eigenvalue weighted by atomic mass is 32.2. The molecular weight excluding hydrogens is 302 g/mol. The summed E-state index contributed by atoms with van der Waals surface area (Å²) in [6.45, 7) is 1.75. The van der Waals surface area contributed by atoms with Gasteiger partial charge in [0.1, 0.15) is 0 Å². The van der Waals surface area contributed by atoms with E-state index in [1.165, 1.54) is 16.8 Å². The van der Waals surface area contributed by atoms with Crippen LogP contribution in [-0.2, 0) is 4.79 Å². The van der Waals surface area contributed by atoms with Gasteiger partial charge < -0.3 is 0 Å². The van der Waals surface area contributed by atoms with Gasteiger partial charge in [-0.3, -0.25) is 4.79 Å². The summed E-state index contributed by atoms with van der Waals surface area (Å²) >= 11 is 1.39. The lowest BCUT2D eigenvalue weighted by Crippen LogP contribution is -2.29. The van der Waals surface area contributed by atoms with Gasteiger partial charge in [-0.05, 0) is 25.3 Å². The van der Waals surface area contributed by atoms with Crippen molar-refractivity contribution in [3.8, 4) is 0 Å². The van der Waals surface area contributed by atoms with E-state index in [2.05, 4.69) is 30.5 Å². The first-order valence-electron chi connectivity index (χ1n) is 6.50. The molecule has 9 heteroatoms. The number of aromatic nitrogens is 3. The summed E-state index contributed by atoms with van der Waals surface area (Å²) in [7, 11) is 0. The summed E-state index contributed by atoms with van der Waals surface area (Å²) in [4.78, 5) is 16.5. The monoisotopic (exact) mass is 315 g/mol. The number of thioether (sulfide) groups is 1. The smallest absolute Gasteiger partial charge is 0.269 e. The Morgan fingerprint density at radius 3 is 2.77 bits per heavy atom. The van der Waals surface area contributed by atoms with E-state index in [-0.39, 0.29) is 11.9 Å². The maximum Gasteiger partial charge on any atom is 0.280 e. The summed E-state index contributed by atoms with van der Waals surface area (Å²) in [6.07, 6.45) is 1.86. The van der Waals surface area contributed by atoms with Crippen LogP contribution in [0.4, 0.5) is 11.6 Å². The third kappa shape index (κ3) is 2.75. The van der Waals surface area contributed by atoms with Crippen LogP contribution in [0.15, 0.2) is 50.8 Å². The van der Waals surface area contributed by atoms with Crippen LogP contribution in [0, 0.1) is 0 Å². The molecule has 1 amide bonds. The van der Waals surface area contributed by atoms with Crippen molar-refractivity contribution < 1.29 is 4.79 Å². The molecule has 2 heterocycles. The third-order valence-electron chi connectivity index (χ3n) is 3.00. The molecule has 3 rings (SSSR count). The molecule has 0 spiro atoms. The molecular formula is C13H13N7OS. The molecule has 1 aromatic heterocycles. The van der Waals surface area contributed by atoms with E-state index >= 15 is 0 Å². The van der Waals surface area contributed by atoms with E-state index in [1.54, 1.807) is 6.92 Å². The Balaban J connectivity index is 1.78. The second-order valence-corrected chi connectivity index (χ2v) is 5.26. The summed E-state index contributed by atoms with van der Waals surface area (Å²) < 4.78 is 0. The summed E-state index contributed by atoms with van der Waals surface area (Å²) in [5.74, 6) is 0.0279. The standard InChI is InChI=1S/C13H13N7OS/c1-8-10(15-16-12-14-13(22-2)18-17-12)11(21)20(19-8)9-6-4-3-5-7-9/h3-7,10H,1-2H3,(H,14,17,18). The molecule has 0 bridgehead atoms. The number of benzene rings is 1. The Morgan fingerprint density at radius 2 is 2.09 bits per heavy atom. The van der Waals surface area contributed by atoms with Crippen molar-refractivity contribution in [2.75, 3.05) is 11.3 Å². The molecule has 1 aliphatic heterocycles. The molecule has 1 aromatic carbocycles. The topological polar surface area (TPSA) is 99.0 Å². The maximum atomic E-state index is 12.4. The van der Waals surface area contributed by atoms with Gasteiger partial charge in [0.25, 0.3) is 11.9 Å². The van der Waals surface area contributed by atoms with Crippen molar-refractivity contribution in [3.05, 3.63) is 30.3 Å². The zero-order valence-corrected chi connectivity index (χ0v) is 12.8. The van der Waals surface area contributed by atoms with E-state index < -0.39 is 6.04 Å². The van der Waals surface area contributed by atoms with E-state index in [0.717, 1.165) is 0 Å². The first kappa shape index (κ1) is 14.4. The fraction of sp³-hybridized carbons (Fsp3) is 0.231. The fourth-order valence-corrected chi connectivity index (χ4v) is 2.24. The lowest BCUT2D eigenvalue weighted by atomic mass is 10.2. The average Bonchev–Trinajstić information content (AvgIpc) is 3.11. The number of carbonyl (C=O) groups is 1. The van der Waals surface area contributed by atoms with Crippen molar-refractivity contribution in [1.82, 2.24) is 15.2 Å². The molecule has 22 heavy (non-hydrogen) atoms. The Morgan fingerprint density at radius 1 is 1.32 bits per heavy atom. The number of hydrazone groups is 1. The number of H-pyrrole nitrogens is 1. The molecule has 112 valence electrons. The largest absolute Gasteiger partial charge is 0.280 e. The van der Waals surface area contributed by atoms with Gasteiger partial charge >= 0.3 is 0 Å². The first-order valence-corrected chi connectivity index (χ1v) is 7.73. The number of rotatable bonds is 4. The van der Waals surface area contributed by atoms with Gasteiger partial charge in [0, 0.05) is 0 Å². The highest BCUT2D eigenvalue weighted by molar-refractivity contribution is 7.98. The molecule has 1 aliphatic rings. The number of anilines is 1. The molecule has 8 nitrogen and oxygen atoms in total. The van der Waals surface area contributed by atoms with Crippen LogP contribution in [0.25, 0.3) is 0 Å². The van der Waals surface area contributed by atoms with Crippen LogP contribution < -0.4 is 5.01 Å². The highest BCUT2D eigenvalue weighted by Gasteiger charge is 2.34. The zero-order chi connectivity index (χ0) is 15.5. The summed E-state index contributed by atoms with van der Waals surface area (Å²) in [5.41, 5.74) is 1.29. The van der Waals surface area contributed by atoms with E-state index in [0.29, 0.717) is 16.6 Å². The zero-order valence-electron chi connectivity index (χ0n) is 12.0. The fourth-order valence-electron chi connectivity index (χ4n) is 1.93. The van der Waals surface area contributed by atoms with Gasteiger partial charge in [-0.25, -0.2) is 5.10 Å². The van der Waals surface area contributed by atoms with Gasteiger partial charge in [0.15, 0.2) is 6.04 Å². The van der Waals surface area contributed by atoms with Gasteiger partial charge in [-0.15, -0.1) is 10.2 Å². The lowest BCUT2D eigenvalue weighted by molar-refractivity contribution is -0.117. The molecule has 0 fully saturated rings. The molecule has 0 aliphatic carbocycles. The quantitative estimate of drug-likeness (QED) is 0.691. The van der Waals surface area contributed by atoms with Crippen LogP contribution in [-0.4, -0.2) is 39.1 Å². The lowest BCUT2D eigenvalue weighted by Gasteiger charge is -2.11. The number of hydrogen-bond donors (Lipinski definition) is 1. The highest BCUT2D eigenvalue weighted by Crippen LogP contribution is 2.22. The second kappa shape index (κ2) is 6.06. The predicted molar refractivity (Wildman–Crippen MR) is 83.5 cm³/mol. The first-order chi connectivity index (χ1) is 10.7. The normalized spacial score (nSPS) is 18.3. The number of azo groups is 1. The number of para-hydroxylation sites is 1. The molecule has 1 N–H and O–H groups in total. The molecule has 1 unspecified atom stereocenters. The van der Waals surface area contributed by atoms with Crippen molar-refractivity contribution in [2.45, 2.75) is 18.1 Å². The average molecular weight is 315 g/mol. The Labute approximate surface area is 130 Å². The number of nitrogens with zero attached hydrogens (tertiary/aromatic N) is 6. The van der Waals surface area contributed by atoms with Gasteiger partial charge in [0.05, 0.1) is 11.4 Å². The van der Waals surface area contributed by atoms with Crippen molar-refractivity contribution in [1.29, 1.82) is 0 Å². The van der Waals surface area contributed by atoms with E-state index in [9.17, 15) is 4.79 Å². The Kier molecular flexibility index (Phi) is 3.96. The predicted octanol–water partition coefficient (Wildman–Crippen LogP) is 2.40. The minimum absolute atomic E-state index is 0.239. The van der Waals surface area contributed by atoms with Crippen molar-refractivity contribution in [2.24, 2.45) is 15.3 Å². The van der Waals surface area contributed by atoms with Crippen LogP contribution in [0.3, 0.4) is 0 Å². The molecule has 0 saturated heterocycles. The van der Waals surface area contributed by atoms with E-state index in [4.69, 9.17) is 0 Å². The van der Waals surface area contributed by atoms with Crippen LogP contribution in [0.2, 0.25) is 0 Å². The molecule has 2 aromatic rings. The second-order valence-electron chi connectivity index (χ2n) is 4.49. The van der Waals surface area contributed by atoms with Crippen molar-refractivity contribution >= 4 is 35.0 Å². The molecule has 0 radical (unpaired) electrons. The van der Waals surface area contributed by atoms with Crippen molar-refractivity contribution in [3.63, 3.8) is 0 Å². The third-order valence-corrected chi connectivity index (χ3v) is 3.55.